The van der Waals surface area contributed by atoms with E-state index in [1.165, 1.54) is 24.2 Å². The molecule has 0 aromatic carbocycles. The number of nitrogens with zero attached hydrogens (tertiary/aromatic N) is 1. The van der Waals surface area contributed by atoms with Crippen LogP contribution in [0.2, 0.25) is 0 Å². The molecule has 0 spiro atoms. The Bertz CT molecular complexity index is 417. The Labute approximate surface area is 106 Å². The number of hydrogen-bond acceptors (Lipinski definition) is 3. The lowest BCUT2D eigenvalue weighted by molar-refractivity contribution is -0.132. The lowest BCUT2D eigenvalue weighted by Gasteiger charge is -2.23. The molecule has 4 heteroatoms. The van der Waals surface area contributed by atoms with Crippen molar-refractivity contribution in [2.75, 3.05) is 13.1 Å². The molecule has 1 fully saturated rings. The van der Waals surface area contributed by atoms with Crippen LogP contribution >= 0.6 is 11.3 Å². The summed E-state index contributed by atoms with van der Waals surface area (Å²) in [4.78, 5) is 14.8. The average Bonchev–Trinajstić information content (AvgIpc) is 2.97. The van der Waals surface area contributed by atoms with E-state index in [-0.39, 0.29) is 5.91 Å². The summed E-state index contributed by atoms with van der Waals surface area (Å²) in [5, 5.41) is 1.93. The highest BCUT2D eigenvalue weighted by atomic mass is 32.1. The van der Waals surface area contributed by atoms with Gasteiger partial charge in [0, 0.05) is 11.4 Å². The molecule has 1 aliphatic carbocycles. The van der Waals surface area contributed by atoms with E-state index in [9.17, 15) is 4.79 Å². The van der Waals surface area contributed by atoms with E-state index in [1.54, 1.807) is 4.90 Å². The van der Waals surface area contributed by atoms with Crippen LogP contribution in [0.25, 0.3) is 0 Å². The normalized spacial score (nSPS) is 16.2. The second-order valence-electron chi connectivity index (χ2n) is 4.36. The largest absolute Gasteiger partial charge is 0.330 e. The van der Waals surface area contributed by atoms with Crippen molar-refractivity contribution in [1.29, 1.82) is 0 Å². The molecule has 0 aliphatic heterocycles. The van der Waals surface area contributed by atoms with E-state index in [0.717, 1.165) is 11.4 Å². The molecular formula is C13H16N2OS. The molecule has 1 aliphatic rings. The van der Waals surface area contributed by atoms with Crippen molar-refractivity contribution in [3.05, 3.63) is 22.4 Å². The fourth-order valence-corrected chi connectivity index (χ4v) is 2.46. The predicted molar refractivity (Wildman–Crippen MR) is 69.4 cm³/mol. The van der Waals surface area contributed by atoms with Crippen LogP contribution in [-0.4, -0.2) is 23.9 Å². The van der Waals surface area contributed by atoms with Gasteiger partial charge in [-0.2, -0.15) is 0 Å². The number of carbonyl (C=O) groups is 1. The number of hydrogen-bond donors (Lipinski definition) is 1. The van der Waals surface area contributed by atoms with E-state index in [1.807, 2.05) is 17.5 Å². The Kier molecular flexibility index (Phi) is 3.82. The summed E-state index contributed by atoms with van der Waals surface area (Å²) < 4.78 is 0. The Balaban J connectivity index is 2.01. The number of amides is 1. The zero-order chi connectivity index (χ0) is 12.3. The van der Waals surface area contributed by atoms with Crippen molar-refractivity contribution in [2.24, 2.45) is 11.7 Å². The summed E-state index contributed by atoms with van der Waals surface area (Å²) in [5.41, 5.74) is 5.96. The van der Waals surface area contributed by atoms with Crippen molar-refractivity contribution in [2.45, 2.75) is 18.9 Å². The molecule has 2 N–H and O–H groups in total. The number of terminal acetylenes is 1. The van der Waals surface area contributed by atoms with E-state index in [4.69, 9.17) is 12.2 Å². The lowest BCUT2D eigenvalue weighted by atomic mass is 10.2. The van der Waals surface area contributed by atoms with Crippen LogP contribution in [0.5, 0.6) is 0 Å². The summed E-state index contributed by atoms with van der Waals surface area (Å²) in [5.74, 6) is 3.10. The third-order valence-corrected chi connectivity index (χ3v) is 3.84. The van der Waals surface area contributed by atoms with Crippen LogP contribution < -0.4 is 5.73 Å². The highest BCUT2D eigenvalue weighted by Gasteiger charge is 2.29. The molecule has 1 unspecified atom stereocenters. The third-order valence-electron chi connectivity index (χ3n) is 2.89. The van der Waals surface area contributed by atoms with Crippen LogP contribution in [0.15, 0.2) is 17.5 Å². The zero-order valence-electron chi connectivity index (χ0n) is 9.63. The van der Waals surface area contributed by atoms with Gasteiger partial charge in [-0.1, -0.05) is 12.0 Å². The van der Waals surface area contributed by atoms with Gasteiger partial charge in [0.25, 0.3) is 0 Å². The Hall–Kier alpha value is -1.31. The molecule has 0 radical (unpaired) electrons. The van der Waals surface area contributed by atoms with Crippen molar-refractivity contribution < 1.29 is 4.79 Å². The van der Waals surface area contributed by atoms with Gasteiger partial charge in [0.1, 0.15) is 6.04 Å². The van der Waals surface area contributed by atoms with Crippen molar-refractivity contribution >= 4 is 17.2 Å². The highest BCUT2D eigenvalue weighted by Crippen LogP contribution is 2.30. The SMILES string of the molecule is C#CCN(CC1CC1)C(=O)C(N)c1cccs1. The number of rotatable bonds is 5. The minimum absolute atomic E-state index is 0.0581. The first-order chi connectivity index (χ1) is 8.22. The molecule has 1 aromatic rings. The molecule has 1 amide bonds. The van der Waals surface area contributed by atoms with E-state index < -0.39 is 6.04 Å². The fraction of sp³-hybridized carbons (Fsp3) is 0.462. The second-order valence-corrected chi connectivity index (χ2v) is 5.34. The Morgan fingerprint density at radius 1 is 1.71 bits per heavy atom. The van der Waals surface area contributed by atoms with Gasteiger partial charge in [-0.05, 0) is 30.2 Å². The summed E-state index contributed by atoms with van der Waals surface area (Å²) in [6.07, 6.45) is 7.69. The van der Waals surface area contributed by atoms with Crippen LogP contribution in [-0.2, 0) is 4.79 Å². The molecule has 0 bridgehead atoms. The molecule has 2 rings (SSSR count). The topological polar surface area (TPSA) is 46.3 Å². The molecule has 1 saturated carbocycles. The summed E-state index contributed by atoms with van der Waals surface area (Å²) in [6, 6.07) is 3.22. The van der Waals surface area contributed by atoms with Crippen molar-refractivity contribution in [3.8, 4) is 12.3 Å². The Morgan fingerprint density at radius 3 is 3.00 bits per heavy atom. The third kappa shape index (κ3) is 3.09. The van der Waals surface area contributed by atoms with Gasteiger partial charge in [0.2, 0.25) is 5.91 Å². The first-order valence-corrected chi connectivity index (χ1v) is 6.61. The summed E-state index contributed by atoms with van der Waals surface area (Å²) in [7, 11) is 0. The first-order valence-electron chi connectivity index (χ1n) is 5.73. The maximum atomic E-state index is 12.2. The number of thiophene rings is 1. The number of carbonyl (C=O) groups excluding carboxylic acids is 1. The van der Waals surface area contributed by atoms with Gasteiger partial charge in [-0.3, -0.25) is 4.79 Å². The lowest BCUT2D eigenvalue weighted by Crippen LogP contribution is -2.39. The summed E-state index contributed by atoms with van der Waals surface area (Å²) in [6.45, 7) is 1.11. The van der Waals surface area contributed by atoms with Crippen LogP contribution in [0.1, 0.15) is 23.8 Å². The van der Waals surface area contributed by atoms with Crippen LogP contribution in [0, 0.1) is 18.3 Å². The monoisotopic (exact) mass is 248 g/mol. The van der Waals surface area contributed by atoms with Crippen molar-refractivity contribution in [1.82, 2.24) is 4.90 Å². The molecule has 90 valence electrons. The quantitative estimate of drug-likeness (QED) is 0.805. The Morgan fingerprint density at radius 2 is 2.47 bits per heavy atom. The van der Waals surface area contributed by atoms with Gasteiger partial charge < -0.3 is 10.6 Å². The summed E-state index contributed by atoms with van der Waals surface area (Å²) >= 11 is 1.51. The maximum Gasteiger partial charge on any atom is 0.245 e. The molecule has 17 heavy (non-hydrogen) atoms. The van der Waals surface area contributed by atoms with Crippen LogP contribution in [0.3, 0.4) is 0 Å². The zero-order valence-corrected chi connectivity index (χ0v) is 10.5. The van der Waals surface area contributed by atoms with Crippen molar-refractivity contribution in [3.63, 3.8) is 0 Å². The molecule has 1 aromatic heterocycles. The predicted octanol–water partition coefficient (Wildman–Crippen LogP) is 1.62. The fourth-order valence-electron chi connectivity index (χ4n) is 1.74. The van der Waals surface area contributed by atoms with E-state index >= 15 is 0 Å². The average molecular weight is 248 g/mol. The minimum Gasteiger partial charge on any atom is -0.330 e. The molecule has 0 saturated heterocycles. The molecule has 1 atom stereocenters. The minimum atomic E-state index is -0.568. The van der Waals surface area contributed by atoms with Crippen LogP contribution in [0.4, 0.5) is 0 Å². The van der Waals surface area contributed by atoms with Gasteiger partial charge in [0.05, 0.1) is 6.54 Å². The van der Waals surface area contributed by atoms with Gasteiger partial charge in [-0.15, -0.1) is 17.8 Å². The van der Waals surface area contributed by atoms with Gasteiger partial charge in [0.15, 0.2) is 0 Å². The van der Waals surface area contributed by atoms with Gasteiger partial charge >= 0.3 is 0 Å². The molecular weight excluding hydrogens is 232 g/mol. The highest BCUT2D eigenvalue weighted by molar-refractivity contribution is 7.10. The smallest absolute Gasteiger partial charge is 0.245 e. The number of nitrogens with two attached hydrogens (primary N) is 1. The first kappa shape index (κ1) is 12.2. The maximum absolute atomic E-state index is 12.2. The molecule has 1 heterocycles. The standard InChI is InChI=1S/C13H16N2OS/c1-2-7-15(9-10-5-6-10)13(16)12(14)11-4-3-8-17-11/h1,3-4,8,10,12H,5-7,9,14H2. The second kappa shape index (κ2) is 5.35. The van der Waals surface area contributed by atoms with Gasteiger partial charge in [-0.25, -0.2) is 0 Å². The van der Waals surface area contributed by atoms with E-state index in [0.29, 0.717) is 12.5 Å². The van der Waals surface area contributed by atoms with E-state index in [2.05, 4.69) is 5.92 Å². The molecule has 3 nitrogen and oxygen atoms in total.